The first-order chi connectivity index (χ1) is 7.65. The molecule has 3 nitrogen and oxygen atoms in total. The summed E-state index contributed by atoms with van der Waals surface area (Å²) in [7, 11) is 1.67. The first-order valence-corrected chi connectivity index (χ1v) is 5.59. The number of methoxy groups -OCH3 is 1. The van der Waals surface area contributed by atoms with Crippen LogP contribution in [0, 0.1) is 6.92 Å². The van der Waals surface area contributed by atoms with E-state index in [0.29, 0.717) is 0 Å². The van der Waals surface area contributed by atoms with Gasteiger partial charge in [0.25, 0.3) is 0 Å². The molecule has 1 fully saturated rings. The number of aryl methyl sites for hydroxylation is 1. The van der Waals surface area contributed by atoms with Crippen molar-refractivity contribution in [3.05, 3.63) is 29.3 Å². The van der Waals surface area contributed by atoms with Gasteiger partial charge in [-0.15, -0.1) is 0 Å². The highest BCUT2D eigenvalue weighted by Crippen LogP contribution is 2.36. The van der Waals surface area contributed by atoms with E-state index in [1.165, 1.54) is 5.56 Å². The molecule has 0 bridgehead atoms. The molecule has 1 saturated heterocycles. The lowest BCUT2D eigenvalue weighted by molar-refractivity contribution is -0.265. The Bertz CT molecular complexity index is 367. The molecule has 0 spiro atoms. The fourth-order valence-electron chi connectivity index (χ4n) is 1.97. The Morgan fingerprint density at radius 1 is 1.25 bits per heavy atom. The van der Waals surface area contributed by atoms with Gasteiger partial charge in [-0.2, -0.15) is 0 Å². The molecule has 0 atom stereocenters. The molecule has 0 saturated carbocycles. The molecule has 0 unspecified atom stereocenters. The third-order valence-corrected chi connectivity index (χ3v) is 2.89. The van der Waals surface area contributed by atoms with E-state index in [0.717, 1.165) is 30.9 Å². The summed E-state index contributed by atoms with van der Waals surface area (Å²) in [5, 5.41) is 0. The van der Waals surface area contributed by atoms with Crippen LogP contribution in [-0.4, -0.2) is 20.3 Å². The van der Waals surface area contributed by atoms with Gasteiger partial charge in [0, 0.05) is 0 Å². The third kappa shape index (κ3) is 2.06. The van der Waals surface area contributed by atoms with Crippen LogP contribution in [0.2, 0.25) is 0 Å². The maximum Gasteiger partial charge on any atom is 0.195 e. The molecule has 3 heteroatoms. The normalized spacial score (nSPS) is 19.4. The van der Waals surface area contributed by atoms with Gasteiger partial charge in [0.15, 0.2) is 5.79 Å². The smallest absolute Gasteiger partial charge is 0.195 e. The zero-order valence-corrected chi connectivity index (χ0v) is 10.1. The van der Waals surface area contributed by atoms with E-state index in [2.05, 4.69) is 13.0 Å². The monoisotopic (exact) mass is 222 g/mol. The van der Waals surface area contributed by atoms with Gasteiger partial charge in [-0.25, -0.2) is 0 Å². The van der Waals surface area contributed by atoms with E-state index in [9.17, 15) is 0 Å². The van der Waals surface area contributed by atoms with Crippen LogP contribution in [0.5, 0.6) is 5.75 Å². The molecule has 0 radical (unpaired) electrons. The fraction of sp³-hybridized carbons (Fsp3) is 0.538. The van der Waals surface area contributed by atoms with Crippen LogP contribution in [-0.2, 0) is 15.3 Å². The highest BCUT2D eigenvalue weighted by atomic mass is 16.7. The van der Waals surface area contributed by atoms with Crippen LogP contribution in [0.3, 0.4) is 0 Å². The first-order valence-electron chi connectivity index (χ1n) is 5.59. The second-order valence-corrected chi connectivity index (χ2v) is 4.20. The minimum Gasteiger partial charge on any atom is -0.496 e. The van der Waals surface area contributed by atoms with Crippen molar-refractivity contribution < 1.29 is 14.2 Å². The topological polar surface area (TPSA) is 27.7 Å². The summed E-state index contributed by atoms with van der Waals surface area (Å²) in [6.07, 6.45) is 0.948. The molecule has 0 amide bonds. The van der Waals surface area contributed by atoms with E-state index >= 15 is 0 Å². The molecule has 1 aromatic rings. The Morgan fingerprint density at radius 3 is 2.56 bits per heavy atom. The molecule has 1 aliphatic rings. The van der Waals surface area contributed by atoms with Gasteiger partial charge in [0.05, 0.1) is 25.9 Å². The van der Waals surface area contributed by atoms with Crippen molar-refractivity contribution in [1.29, 1.82) is 0 Å². The molecule has 1 heterocycles. The van der Waals surface area contributed by atoms with E-state index in [1.54, 1.807) is 7.11 Å². The molecule has 0 aromatic heterocycles. The van der Waals surface area contributed by atoms with Crippen LogP contribution in [0.15, 0.2) is 18.2 Å². The van der Waals surface area contributed by atoms with Crippen LogP contribution in [0.4, 0.5) is 0 Å². The van der Waals surface area contributed by atoms with Crippen molar-refractivity contribution in [2.45, 2.75) is 26.1 Å². The van der Waals surface area contributed by atoms with Gasteiger partial charge >= 0.3 is 0 Å². The van der Waals surface area contributed by atoms with Gasteiger partial charge in [-0.05, 0) is 32.4 Å². The van der Waals surface area contributed by atoms with Crippen LogP contribution in [0.1, 0.15) is 24.5 Å². The zero-order valence-electron chi connectivity index (χ0n) is 10.1. The van der Waals surface area contributed by atoms with E-state index in [4.69, 9.17) is 14.2 Å². The quantitative estimate of drug-likeness (QED) is 0.769. The summed E-state index contributed by atoms with van der Waals surface area (Å²) in [5.41, 5.74) is 2.14. The van der Waals surface area contributed by atoms with Crippen LogP contribution >= 0.6 is 0 Å². The average molecular weight is 222 g/mol. The highest BCUT2D eigenvalue weighted by Gasteiger charge is 2.34. The summed E-state index contributed by atoms with van der Waals surface area (Å²) in [4.78, 5) is 0. The molecule has 0 aliphatic carbocycles. The average Bonchev–Trinajstić information content (AvgIpc) is 2.30. The van der Waals surface area contributed by atoms with Crippen LogP contribution in [0.25, 0.3) is 0 Å². The molecule has 1 aromatic carbocycles. The van der Waals surface area contributed by atoms with Crippen molar-refractivity contribution in [3.63, 3.8) is 0 Å². The van der Waals surface area contributed by atoms with E-state index in [-0.39, 0.29) is 0 Å². The van der Waals surface area contributed by atoms with Gasteiger partial charge in [0.2, 0.25) is 0 Å². The molecular formula is C13H18O3. The second-order valence-electron chi connectivity index (χ2n) is 4.20. The number of benzene rings is 1. The number of hydrogen-bond donors (Lipinski definition) is 0. The summed E-state index contributed by atoms with van der Waals surface area (Å²) < 4.78 is 16.9. The van der Waals surface area contributed by atoms with Gasteiger partial charge < -0.3 is 14.2 Å². The third-order valence-electron chi connectivity index (χ3n) is 2.89. The van der Waals surface area contributed by atoms with E-state index in [1.807, 2.05) is 19.1 Å². The molecular weight excluding hydrogens is 204 g/mol. The van der Waals surface area contributed by atoms with Crippen molar-refractivity contribution in [2.75, 3.05) is 20.3 Å². The first kappa shape index (κ1) is 11.4. The van der Waals surface area contributed by atoms with Crippen molar-refractivity contribution >= 4 is 0 Å². The van der Waals surface area contributed by atoms with Crippen molar-refractivity contribution in [3.8, 4) is 5.75 Å². The predicted molar refractivity (Wildman–Crippen MR) is 61.6 cm³/mol. The minimum absolute atomic E-state index is 0.671. The lowest BCUT2D eigenvalue weighted by Crippen LogP contribution is -2.35. The Hall–Kier alpha value is -1.06. The van der Waals surface area contributed by atoms with Crippen molar-refractivity contribution in [2.24, 2.45) is 0 Å². The maximum absolute atomic E-state index is 5.75. The predicted octanol–water partition coefficient (Wildman–Crippen LogP) is 2.61. The highest BCUT2D eigenvalue weighted by molar-refractivity contribution is 5.39. The number of rotatable bonds is 2. The molecule has 88 valence electrons. The number of ether oxygens (including phenoxy) is 3. The Labute approximate surface area is 96.3 Å². The molecule has 0 N–H and O–H groups in total. The largest absolute Gasteiger partial charge is 0.496 e. The summed E-state index contributed by atoms with van der Waals surface area (Å²) >= 11 is 0. The minimum atomic E-state index is -0.671. The Morgan fingerprint density at radius 2 is 1.94 bits per heavy atom. The number of hydrogen-bond acceptors (Lipinski definition) is 3. The van der Waals surface area contributed by atoms with Crippen LogP contribution < -0.4 is 4.74 Å². The Kier molecular flexibility index (Phi) is 3.17. The lowest BCUT2D eigenvalue weighted by Gasteiger charge is -2.35. The van der Waals surface area contributed by atoms with E-state index < -0.39 is 5.79 Å². The summed E-state index contributed by atoms with van der Waals surface area (Å²) in [5.74, 6) is 0.144. The fourth-order valence-corrected chi connectivity index (χ4v) is 1.97. The standard InChI is InChI=1S/C13H18O3/c1-10-5-6-12(14-3)11(9-10)13(2)15-7-4-8-16-13/h5-6,9H,4,7-8H2,1-3H3. The summed E-state index contributed by atoms with van der Waals surface area (Å²) in [6.45, 7) is 5.46. The second kappa shape index (κ2) is 4.44. The molecule has 16 heavy (non-hydrogen) atoms. The van der Waals surface area contributed by atoms with Gasteiger partial charge in [-0.3, -0.25) is 0 Å². The Balaban J connectivity index is 2.40. The summed E-state index contributed by atoms with van der Waals surface area (Å²) in [6, 6.07) is 6.04. The molecule has 1 aliphatic heterocycles. The van der Waals surface area contributed by atoms with Crippen molar-refractivity contribution in [1.82, 2.24) is 0 Å². The molecule has 2 rings (SSSR count). The SMILES string of the molecule is COc1ccc(C)cc1C1(C)OCCCO1. The van der Waals surface area contributed by atoms with Gasteiger partial charge in [0.1, 0.15) is 5.75 Å². The maximum atomic E-state index is 5.75. The zero-order chi connectivity index (χ0) is 11.6. The lowest BCUT2D eigenvalue weighted by atomic mass is 10.0. The van der Waals surface area contributed by atoms with Gasteiger partial charge in [-0.1, -0.05) is 11.6 Å².